The summed E-state index contributed by atoms with van der Waals surface area (Å²) < 4.78 is 1.68. The van der Waals surface area contributed by atoms with Gasteiger partial charge in [0.25, 0.3) is 5.91 Å². The summed E-state index contributed by atoms with van der Waals surface area (Å²) in [4.78, 5) is 24.0. The zero-order valence-corrected chi connectivity index (χ0v) is 20.2. The smallest absolute Gasteiger partial charge is 0.322 e. The minimum absolute atomic E-state index is 0.224. The lowest BCUT2D eigenvalue weighted by atomic mass is 10.1. The largest absolute Gasteiger partial charge is 0.480 e. The van der Waals surface area contributed by atoms with Crippen molar-refractivity contribution >= 4 is 40.8 Å². The van der Waals surface area contributed by atoms with Crippen molar-refractivity contribution in [2.75, 3.05) is 25.0 Å². The van der Waals surface area contributed by atoms with Gasteiger partial charge in [0.05, 0.1) is 16.4 Å². The normalized spacial score (nSPS) is 14.1. The third-order valence-electron chi connectivity index (χ3n) is 5.69. The number of carboxylic acids is 1. The quantitative estimate of drug-likeness (QED) is 0.430. The first kappa shape index (κ1) is 24.1. The van der Waals surface area contributed by atoms with Crippen molar-refractivity contribution in [2.45, 2.75) is 26.2 Å². The number of carbonyl (C=O) groups excluding carboxylic acids is 1. The first-order chi connectivity index (χ1) is 16.3. The van der Waals surface area contributed by atoms with Gasteiger partial charge in [0.2, 0.25) is 0 Å². The zero-order chi connectivity index (χ0) is 24.2. The summed E-state index contributed by atoms with van der Waals surface area (Å²) in [5, 5.41) is 19.3. The van der Waals surface area contributed by atoms with Gasteiger partial charge in [-0.2, -0.15) is 5.10 Å². The standard InChI is InChI=1S/C24H25Cl2N5O3/c1-15-22(24(34)29-30-11-3-2-4-12-30)28-31(18-8-5-16(25)6-9-18)23(15)19-10-7-17(13-20(19)26)27-14-21(32)33/h5-10,13,27H,2-4,11-12,14H2,1H3,(H,29,34)(H,32,33). The third-order valence-corrected chi connectivity index (χ3v) is 6.26. The molecule has 4 rings (SSSR count). The predicted molar refractivity (Wildman–Crippen MR) is 133 cm³/mol. The van der Waals surface area contributed by atoms with E-state index in [9.17, 15) is 9.59 Å². The summed E-state index contributed by atoms with van der Waals surface area (Å²) in [6, 6.07) is 12.3. The van der Waals surface area contributed by atoms with E-state index >= 15 is 0 Å². The third kappa shape index (κ3) is 5.35. The molecule has 2 aromatic carbocycles. The summed E-state index contributed by atoms with van der Waals surface area (Å²) in [7, 11) is 0. The Morgan fingerprint density at radius 1 is 1.06 bits per heavy atom. The molecule has 178 valence electrons. The Morgan fingerprint density at radius 2 is 1.76 bits per heavy atom. The van der Waals surface area contributed by atoms with Crippen molar-refractivity contribution in [3.63, 3.8) is 0 Å². The van der Waals surface area contributed by atoms with E-state index in [2.05, 4.69) is 15.8 Å². The average Bonchev–Trinajstić information content (AvgIpc) is 3.16. The van der Waals surface area contributed by atoms with Gasteiger partial charge in [0, 0.05) is 34.9 Å². The first-order valence-corrected chi connectivity index (χ1v) is 11.8. The molecule has 0 aliphatic carbocycles. The van der Waals surface area contributed by atoms with E-state index in [1.165, 1.54) is 0 Å². The molecule has 0 bridgehead atoms. The number of anilines is 1. The van der Waals surface area contributed by atoms with E-state index in [0.717, 1.165) is 38.0 Å². The van der Waals surface area contributed by atoms with Crippen molar-refractivity contribution in [2.24, 2.45) is 0 Å². The fourth-order valence-corrected chi connectivity index (χ4v) is 4.39. The molecule has 1 aliphatic heterocycles. The molecule has 1 aliphatic rings. The number of carboxylic acid groups (broad SMARTS) is 1. The molecule has 0 radical (unpaired) electrons. The number of hydrogen-bond acceptors (Lipinski definition) is 5. The van der Waals surface area contributed by atoms with E-state index in [1.54, 1.807) is 35.0 Å². The second kappa shape index (κ2) is 10.5. The van der Waals surface area contributed by atoms with E-state index < -0.39 is 5.97 Å². The monoisotopic (exact) mass is 501 g/mol. The van der Waals surface area contributed by atoms with Crippen LogP contribution in [0, 0.1) is 6.92 Å². The molecule has 10 heteroatoms. The first-order valence-electron chi connectivity index (χ1n) is 11.0. The Hall–Kier alpha value is -3.07. The Labute approximate surface area is 207 Å². The highest BCUT2D eigenvalue weighted by Gasteiger charge is 2.25. The minimum atomic E-state index is -0.971. The van der Waals surface area contributed by atoms with E-state index in [1.807, 2.05) is 24.1 Å². The highest BCUT2D eigenvalue weighted by molar-refractivity contribution is 6.33. The molecular weight excluding hydrogens is 477 g/mol. The molecule has 0 unspecified atom stereocenters. The Morgan fingerprint density at radius 3 is 2.41 bits per heavy atom. The molecule has 34 heavy (non-hydrogen) atoms. The maximum atomic E-state index is 13.2. The van der Waals surface area contributed by atoms with Gasteiger partial charge in [-0.15, -0.1) is 0 Å². The van der Waals surface area contributed by atoms with Crippen LogP contribution in [0.5, 0.6) is 0 Å². The summed E-state index contributed by atoms with van der Waals surface area (Å²) in [6.45, 7) is 3.24. The number of hydrogen-bond donors (Lipinski definition) is 3. The lowest BCUT2D eigenvalue weighted by Gasteiger charge is -2.26. The molecule has 8 nitrogen and oxygen atoms in total. The van der Waals surface area contributed by atoms with E-state index in [0.29, 0.717) is 38.2 Å². The molecule has 1 aromatic heterocycles. The molecule has 1 fully saturated rings. The summed E-state index contributed by atoms with van der Waals surface area (Å²) >= 11 is 12.7. The van der Waals surface area contributed by atoms with Crippen LogP contribution in [0.2, 0.25) is 10.0 Å². The number of carbonyl (C=O) groups is 2. The van der Waals surface area contributed by atoms with E-state index in [4.69, 9.17) is 28.3 Å². The molecule has 1 saturated heterocycles. The van der Waals surface area contributed by atoms with Gasteiger partial charge in [-0.25, -0.2) is 9.69 Å². The van der Waals surface area contributed by atoms with Crippen molar-refractivity contribution in [1.82, 2.24) is 20.2 Å². The summed E-state index contributed by atoms with van der Waals surface area (Å²) in [5.41, 5.74) is 6.60. The van der Waals surface area contributed by atoms with Crippen molar-refractivity contribution < 1.29 is 14.7 Å². The number of nitrogens with zero attached hydrogens (tertiary/aromatic N) is 3. The number of aromatic nitrogens is 2. The lowest BCUT2D eigenvalue weighted by Crippen LogP contribution is -2.45. The Kier molecular flexibility index (Phi) is 7.41. The Bertz CT molecular complexity index is 1200. The Balaban J connectivity index is 1.75. The van der Waals surface area contributed by atoms with Crippen molar-refractivity contribution in [3.8, 4) is 16.9 Å². The topological polar surface area (TPSA) is 99.5 Å². The number of amides is 1. The van der Waals surface area contributed by atoms with Gasteiger partial charge < -0.3 is 10.4 Å². The predicted octanol–water partition coefficient (Wildman–Crippen LogP) is 4.78. The second-order valence-corrected chi connectivity index (χ2v) is 8.98. The van der Waals surface area contributed by atoms with Crippen molar-refractivity contribution in [1.29, 1.82) is 0 Å². The van der Waals surface area contributed by atoms with Crippen LogP contribution in [-0.4, -0.2) is 51.4 Å². The molecule has 2 heterocycles. The second-order valence-electron chi connectivity index (χ2n) is 8.14. The number of nitrogens with one attached hydrogen (secondary N) is 2. The van der Waals surface area contributed by atoms with Gasteiger partial charge in [-0.3, -0.25) is 15.0 Å². The number of hydrazine groups is 1. The van der Waals surface area contributed by atoms with Crippen LogP contribution in [0.4, 0.5) is 5.69 Å². The van der Waals surface area contributed by atoms with Gasteiger partial charge >= 0.3 is 5.97 Å². The van der Waals surface area contributed by atoms with Crippen molar-refractivity contribution in [3.05, 3.63) is 63.8 Å². The number of rotatable bonds is 7. The van der Waals surface area contributed by atoms with Crippen LogP contribution in [0.25, 0.3) is 16.9 Å². The van der Waals surface area contributed by atoms with E-state index in [-0.39, 0.29) is 12.5 Å². The van der Waals surface area contributed by atoms with Crippen LogP contribution >= 0.6 is 23.2 Å². The van der Waals surface area contributed by atoms with Crippen LogP contribution < -0.4 is 10.7 Å². The zero-order valence-electron chi connectivity index (χ0n) is 18.6. The molecule has 0 spiro atoms. The summed E-state index contributed by atoms with van der Waals surface area (Å²) in [5.74, 6) is -1.24. The SMILES string of the molecule is Cc1c(C(=O)NN2CCCCC2)nn(-c2ccc(Cl)cc2)c1-c1ccc(NCC(=O)O)cc1Cl. The van der Waals surface area contributed by atoms with Crippen LogP contribution in [-0.2, 0) is 4.79 Å². The highest BCUT2D eigenvalue weighted by atomic mass is 35.5. The van der Waals surface area contributed by atoms with Gasteiger partial charge in [-0.1, -0.05) is 29.6 Å². The molecular formula is C24H25Cl2N5O3. The van der Waals surface area contributed by atoms with Crippen LogP contribution in [0.1, 0.15) is 35.3 Å². The number of aliphatic carboxylic acids is 1. The molecule has 0 atom stereocenters. The average molecular weight is 502 g/mol. The molecule has 0 saturated carbocycles. The molecule has 1 amide bonds. The van der Waals surface area contributed by atoms with Gasteiger partial charge in [-0.05, 0) is 62.2 Å². The highest BCUT2D eigenvalue weighted by Crippen LogP contribution is 2.35. The molecule has 3 N–H and O–H groups in total. The fourth-order valence-electron chi connectivity index (χ4n) is 3.99. The molecule has 3 aromatic rings. The maximum absolute atomic E-state index is 13.2. The van der Waals surface area contributed by atoms with Crippen LogP contribution in [0.15, 0.2) is 42.5 Å². The van der Waals surface area contributed by atoms with Gasteiger partial charge in [0.15, 0.2) is 5.69 Å². The van der Waals surface area contributed by atoms with Gasteiger partial charge in [0.1, 0.15) is 6.54 Å². The number of piperidine rings is 1. The lowest BCUT2D eigenvalue weighted by molar-refractivity contribution is -0.134. The van der Waals surface area contributed by atoms with Crippen LogP contribution in [0.3, 0.4) is 0 Å². The maximum Gasteiger partial charge on any atom is 0.322 e. The minimum Gasteiger partial charge on any atom is -0.480 e. The summed E-state index contributed by atoms with van der Waals surface area (Å²) in [6.07, 6.45) is 3.25. The number of halogens is 2. The number of benzene rings is 2. The fraction of sp³-hybridized carbons (Fsp3) is 0.292.